The first-order valence-corrected chi connectivity index (χ1v) is 7.43. The second kappa shape index (κ2) is 5.00. The molecule has 1 aromatic rings. The molecule has 18 heavy (non-hydrogen) atoms. The van der Waals surface area contributed by atoms with E-state index in [0.717, 1.165) is 12.1 Å². The van der Waals surface area contributed by atoms with Gasteiger partial charge in [0.15, 0.2) is 0 Å². The van der Waals surface area contributed by atoms with Crippen LogP contribution in [-0.4, -0.2) is 55.8 Å². The number of nitrogens with one attached hydrogen (secondary N) is 1. The Balaban J connectivity index is 2.17. The average Bonchev–Trinajstić information content (AvgIpc) is 2.98. The van der Waals surface area contributed by atoms with Crippen LogP contribution < -0.4 is 5.73 Å². The van der Waals surface area contributed by atoms with E-state index in [1.807, 2.05) is 14.1 Å². The summed E-state index contributed by atoms with van der Waals surface area (Å²) in [4.78, 5) is 5.25. The van der Waals surface area contributed by atoms with Crippen LogP contribution in [0.25, 0.3) is 0 Å². The van der Waals surface area contributed by atoms with Gasteiger partial charge >= 0.3 is 0 Å². The zero-order chi connectivity index (χ0) is 13.3. The van der Waals surface area contributed by atoms with Crippen LogP contribution in [0.4, 0.5) is 0 Å². The number of aromatic amines is 1. The van der Waals surface area contributed by atoms with Crippen molar-refractivity contribution in [2.75, 3.05) is 27.2 Å². The van der Waals surface area contributed by atoms with Crippen molar-refractivity contribution in [2.24, 2.45) is 5.73 Å². The molecule has 1 aliphatic heterocycles. The highest BCUT2D eigenvalue weighted by atomic mass is 32.2. The standard InChI is InChI=1S/C11H20N4O2S/c1-14(2)10-3-4-15(8-10)18(16,17)11-5-9(6-12)13-7-11/h5,7,10,13H,3-4,6,8,12H2,1-2H3. The van der Waals surface area contributed by atoms with Crippen molar-refractivity contribution in [3.05, 3.63) is 18.0 Å². The van der Waals surface area contributed by atoms with Gasteiger partial charge in [-0.2, -0.15) is 4.31 Å². The molecule has 1 atom stereocenters. The van der Waals surface area contributed by atoms with Gasteiger partial charge in [0.1, 0.15) is 0 Å². The maximum atomic E-state index is 12.4. The van der Waals surface area contributed by atoms with Crippen molar-refractivity contribution in [3.8, 4) is 0 Å². The molecule has 102 valence electrons. The minimum atomic E-state index is -3.37. The molecule has 1 fully saturated rings. The highest BCUT2D eigenvalue weighted by Gasteiger charge is 2.33. The molecule has 3 N–H and O–H groups in total. The van der Waals surface area contributed by atoms with E-state index in [9.17, 15) is 8.42 Å². The minimum Gasteiger partial charge on any atom is -0.363 e. The number of hydrogen-bond donors (Lipinski definition) is 2. The van der Waals surface area contributed by atoms with Gasteiger partial charge in [0.05, 0.1) is 4.90 Å². The fourth-order valence-corrected chi connectivity index (χ4v) is 3.70. The quantitative estimate of drug-likeness (QED) is 0.795. The molecule has 0 aliphatic carbocycles. The first-order chi connectivity index (χ1) is 8.45. The molecule has 7 heteroatoms. The van der Waals surface area contributed by atoms with Crippen molar-refractivity contribution < 1.29 is 8.42 Å². The average molecular weight is 272 g/mol. The smallest absolute Gasteiger partial charge is 0.244 e. The predicted molar refractivity (Wildman–Crippen MR) is 69.5 cm³/mol. The third-order valence-corrected chi connectivity index (χ3v) is 5.27. The van der Waals surface area contributed by atoms with E-state index in [2.05, 4.69) is 9.88 Å². The van der Waals surface area contributed by atoms with Crippen molar-refractivity contribution in [3.63, 3.8) is 0 Å². The third-order valence-electron chi connectivity index (χ3n) is 3.43. The van der Waals surface area contributed by atoms with Crippen molar-refractivity contribution in [1.82, 2.24) is 14.2 Å². The van der Waals surface area contributed by atoms with E-state index in [0.29, 0.717) is 30.6 Å². The van der Waals surface area contributed by atoms with E-state index in [1.165, 1.54) is 6.20 Å². The van der Waals surface area contributed by atoms with Crippen LogP contribution in [0.3, 0.4) is 0 Å². The Morgan fingerprint density at radius 2 is 2.28 bits per heavy atom. The summed E-state index contributed by atoms with van der Waals surface area (Å²) < 4.78 is 26.3. The first-order valence-electron chi connectivity index (χ1n) is 5.99. The van der Waals surface area contributed by atoms with Crippen LogP contribution in [0.1, 0.15) is 12.1 Å². The second-order valence-corrected chi connectivity index (χ2v) is 6.77. The van der Waals surface area contributed by atoms with Crippen LogP contribution in [-0.2, 0) is 16.6 Å². The zero-order valence-corrected chi connectivity index (χ0v) is 11.6. The summed E-state index contributed by atoms with van der Waals surface area (Å²) >= 11 is 0. The molecule has 1 saturated heterocycles. The summed E-state index contributed by atoms with van der Waals surface area (Å²) in [6.45, 7) is 1.45. The molecule has 0 bridgehead atoms. The number of hydrogen-bond acceptors (Lipinski definition) is 4. The Bertz CT molecular complexity index is 509. The van der Waals surface area contributed by atoms with Gasteiger partial charge in [0, 0.05) is 37.6 Å². The highest BCUT2D eigenvalue weighted by Crippen LogP contribution is 2.23. The van der Waals surface area contributed by atoms with Gasteiger partial charge in [-0.1, -0.05) is 0 Å². The summed E-state index contributed by atoms with van der Waals surface area (Å²) in [5, 5.41) is 0. The number of sulfonamides is 1. The highest BCUT2D eigenvalue weighted by molar-refractivity contribution is 7.89. The minimum absolute atomic E-state index is 0.299. The number of rotatable bonds is 4. The lowest BCUT2D eigenvalue weighted by molar-refractivity contribution is 0.302. The Morgan fingerprint density at radius 3 is 2.78 bits per heavy atom. The van der Waals surface area contributed by atoms with Gasteiger partial charge in [0.2, 0.25) is 10.0 Å². The summed E-state index contributed by atoms with van der Waals surface area (Å²) in [6.07, 6.45) is 2.39. The maximum absolute atomic E-state index is 12.4. The lowest BCUT2D eigenvalue weighted by Crippen LogP contribution is -2.34. The van der Waals surface area contributed by atoms with Gasteiger partial charge in [-0.3, -0.25) is 0 Å². The molecule has 0 saturated carbocycles. The van der Waals surface area contributed by atoms with Crippen LogP contribution in [0.15, 0.2) is 17.2 Å². The van der Waals surface area contributed by atoms with Gasteiger partial charge in [-0.15, -0.1) is 0 Å². The third kappa shape index (κ3) is 2.44. The Morgan fingerprint density at radius 1 is 1.56 bits per heavy atom. The molecule has 1 aliphatic rings. The summed E-state index contributed by atoms with van der Waals surface area (Å²) in [6, 6.07) is 1.91. The van der Waals surface area contributed by atoms with E-state index in [1.54, 1.807) is 10.4 Å². The van der Waals surface area contributed by atoms with Crippen molar-refractivity contribution >= 4 is 10.0 Å². The first kappa shape index (κ1) is 13.5. The Kier molecular flexibility index (Phi) is 3.76. The summed E-state index contributed by atoms with van der Waals surface area (Å²) in [5.41, 5.74) is 6.21. The van der Waals surface area contributed by atoms with E-state index in [4.69, 9.17) is 5.73 Å². The van der Waals surface area contributed by atoms with Gasteiger partial charge in [0.25, 0.3) is 0 Å². The van der Waals surface area contributed by atoms with E-state index in [-0.39, 0.29) is 0 Å². The molecule has 0 spiro atoms. The fraction of sp³-hybridized carbons (Fsp3) is 0.636. The monoisotopic (exact) mass is 272 g/mol. The lowest BCUT2D eigenvalue weighted by atomic mass is 10.2. The fourth-order valence-electron chi connectivity index (χ4n) is 2.19. The topological polar surface area (TPSA) is 82.4 Å². The summed E-state index contributed by atoms with van der Waals surface area (Å²) in [7, 11) is 0.577. The van der Waals surface area contributed by atoms with Gasteiger partial charge < -0.3 is 15.6 Å². The molecule has 2 heterocycles. The molecule has 0 amide bonds. The van der Waals surface area contributed by atoms with Crippen LogP contribution in [0.5, 0.6) is 0 Å². The second-order valence-electron chi connectivity index (χ2n) is 4.83. The van der Waals surface area contributed by atoms with Gasteiger partial charge in [-0.05, 0) is 26.6 Å². The largest absolute Gasteiger partial charge is 0.363 e. The number of likely N-dealkylation sites (N-methyl/N-ethyl adjacent to an activating group) is 1. The van der Waals surface area contributed by atoms with E-state index >= 15 is 0 Å². The SMILES string of the molecule is CN(C)C1CCN(S(=O)(=O)c2c[nH]c(CN)c2)C1. The van der Waals surface area contributed by atoms with E-state index < -0.39 is 10.0 Å². The Hall–Kier alpha value is -0.890. The molecular formula is C11H20N4O2S. The molecule has 0 aromatic carbocycles. The Labute approximate surface area is 108 Å². The maximum Gasteiger partial charge on any atom is 0.244 e. The predicted octanol–water partition coefficient (Wildman–Crippen LogP) is -0.202. The lowest BCUT2D eigenvalue weighted by Gasteiger charge is -2.19. The van der Waals surface area contributed by atoms with Crippen LogP contribution in [0.2, 0.25) is 0 Å². The zero-order valence-electron chi connectivity index (χ0n) is 10.8. The van der Waals surface area contributed by atoms with Crippen LogP contribution in [0, 0.1) is 0 Å². The number of nitrogens with two attached hydrogens (primary N) is 1. The molecule has 1 aromatic heterocycles. The normalized spacial score (nSPS) is 21.9. The number of H-pyrrole nitrogens is 1. The summed E-state index contributed by atoms with van der Waals surface area (Å²) in [5.74, 6) is 0. The van der Waals surface area contributed by atoms with Crippen molar-refractivity contribution in [1.29, 1.82) is 0 Å². The van der Waals surface area contributed by atoms with Gasteiger partial charge in [-0.25, -0.2) is 8.42 Å². The molecule has 6 nitrogen and oxygen atoms in total. The molecule has 1 unspecified atom stereocenters. The number of aromatic nitrogens is 1. The number of nitrogens with zero attached hydrogens (tertiary/aromatic N) is 2. The van der Waals surface area contributed by atoms with Crippen molar-refractivity contribution in [2.45, 2.75) is 23.9 Å². The molecular weight excluding hydrogens is 252 g/mol. The molecule has 0 radical (unpaired) electrons. The van der Waals surface area contributed by atoms with Crippen LogP contribution >= 0.6 is 0 Å². The molecule has 2 rings (SSSR count).